The second-order valence-corrected chi connectivity index (χ2v) is 8.76. The average molecular weight is 512 g/mol. The van der Waals surface area contributed by atoms with E-state index in [1.165, 1.54) is 24.3 Å². The first kappa shape index (κ1) is 27.1. The van der Waals surface area contributed by atoms with E-state index < -0.39 is 35.2 Å². The van der Waals surface area contributed by atoms with Crippen molar-refractivity contribution >= 4 is 35.0 Å². The van der Waals surface area contributed by atoms with Crippen LogP contribution in [-0.2, 0) is 20.7 Å². The number of carbonyl (C=O) groups is 3. The Bertz CT molecular complexity index is 1320. The molecule has 1 atom stereocenters. The molecule has 3 rings (SSSR count). The molecule has 37 heavy (non-hydrogen) atoms. The van der Waals surface area contributed by atoms with E-state index in [0.717, 1.165) is 0 Å². The molecule has 3 aromatic rings. The van der Waals surface area contributed by atoms with Gasteiger partial charge >= 0.3 is 11.9 Å². The Morgan fingerprint density at radius 1 is 1.22 bits per heavy atom. The SMILES string of the molecule is CCOC(=O)CNc1c(CC(C)C)nc2c(C(=O)NC(CC(=O)O)c3cccc([N+](=O)[O-])c3)cccn12. The average Bonchev–Trinajstić information content (AvgIpc) is 3.18. The smallest absolute Gasteiger partial charge is 0.325 e. The number of carboxylic acid groups (broad SMARTS) is 1. The number of rotatable bonds is 12. The molecule has 1 amide bonds. The van der Waals surface area contributed by atoms with Crippen LogP contribution < -0.4 is 10.6 Å². The Hall–Kier alpha value is -4.48. The zero-order chi connectivity index (χ0) is 27.1. The molecule has 196 valence electrons. The Morgan fingerprint density at radius 3 is 2.62 bits per heavy atom. The molecule has 1 aromatic carbocycles. The molecule has 0 saturated heterocycles. The number of non-ortho nitro benzene ring substituents is 1. The zero-order valence-corrected chi connectivity index (χ0v) is 20.8. The van der Waals surface area contributed by atoms with Gasteiger partial charge in [-0.2, -0.15) is 0 Å². The molecular weight excluding hydrogens is 482 g/mol. The van der Waals surface area contributed by atoms with E-state index in [-0.39, 0.29) is 35.9 Å². The number of fused-ring (bicyclic) bond motifs is 1. The molecule has 2 aromatic heterocycles. The number of pyridine rings is 1. The number of nitrogens with one attached hydrogen (secondary N) is 2. The molecule has 0 radical (unpaired) electrons. The first-order chi connectivity index (χ1) is 17.6. The minimum atomic E-state index is -1.18. The highest BCUT2D eigenvalue weighted by atomic mass is 16.6. The van der Waals surface area contributed by atoms with Crippen LogP contribution in [0, 0.1) is 16.0 Å². The van der Waals surface area contributed by atoms with Crippen LogP contribution in [0.25, 0.3) is 5.65 Å². The van der Waals surface area contributed by atoms with Crippen LogP contribution in [0.2, 0.25) is 0 Å². The van der Waals surface area contributed by atoms with Gasteiger partial charge in [-0.05, 0) is 37.0 Å². The largest absolute Gasteiger partial charge is 0.481 e. The number of carbonyl (C=O) groups excluding carboxylic acids is 2. The van der Waals surface area contributed by atoms with Crippen LogP contribution in [0.5, 0.6) is 0 Å². The summed E-state index contributed by atoms with van der Waals surface area (Å²) in [6.45, 7) is 5.91. The van der Waals surface area contributed by atoms with Crippen molar-refractivity contribution in [2.45, 2.75) is 39.7 Å². The van der Waals surface area contributed by atoms with Crippen LogP contribution in [0.15, 0.2) is 42.6 Å². The number of benzene rings is 1. The van der Waals surface area contributed by atoms with Crippen molar-refractivity contribution in [3.63, 3.8) is 0 Å². The van der Waals surface area contributed by atoms with Gasteiger partial charge in [0.05, 0.1) is 35.3 Å². The van der Waals surface area contributed by atoms with Crippen LogP contribution in [-0.4, -0.2) is 50.4 Å². The fourth-order valence-electron chi connectivity index (χ4n) is 3.89. The standard InChI is InChI=1S/C25H29N5O7/c1-4-37-22(33)14-26-24-20(11-15(2)3)27-23-18(9-6-10-29(23)24)25(34)28-19(13-21(31)32)16-7-5-8-17(12-16)30(35)36/h5-10,12,15,19,26H,4,11,13-14H2,1-3H3,(H,28,34)(H,31,32). The third-order valence-electron chi connectivity index (χ3n) is 5.44. The van der Waals surface area contributed by atoms with E-state index in [0.29, 0.717) is 23.6 Å². The van der Waals surface area contributed by atoms with Gasteiger partial charge in [-0.1, -0.05) is 26.0 Å². The van der Waals surface area contributed by atoms with E-state index >= 15 is 0 Å². The fraction of sp³-hybridized carbons (Fsp3) is 0.360. The van der Waals surface area contributed by atoms with E-state index in [9.17, 15) is 29.6 Å². The minimum absolute atomic E-state index is 0.0867. The van der Waals surface area contributed by atoms with Crippen molar-refractivity contribution in [1.82, 2.24) is 14.7 Å². The van der Waals surface area contributed by atoms with Gasteiger partial charge in [0.25, 0.3) is 11.6 Å². The number of hydrogen-bond acceptors (Lipinski definition) is 8. The number of aromatic nitrogens is 2. The van der Waals surface area contributed by atoms with Gasteiger partial charge in [0, 0.05) is 18.3 Å². The maximum absolute atomic E-state index is 13.4. The third-order valence-corrected chi connectivity index (χ3v) is 5.44. The third kappa shape index (κ3) is 6.81. The summed E-state index contributed by atoms with van der Waals surface area (Å²) >= 11 is 0. The fourth-order valence-corrected chi connectivity index (χ4v) is 3.89. The predicted octanol–water partition coefficient (Wildman–Crippen LogP) is 3.36. The lowest BCUT2D eigenvalue weighted by molar-refractivity contribution is -0.384. The van der Waals surface area contributed by atoms with Gasteiger partial charge in [-0.25, -0.2) is 4.98 Å². The van der Waals surface area contributed by atoms with Gasteiger partial charge in [-0.3, -0.25) is 28.9 Å². The molecule has 12 nitrogen and oxygen atoms in total. The highest BCUT2D eigenvalue weighted by Gasteiger charge is 2.24. The van der Waals surface area contributed by atoms with Gasteiger partial charge in [0.1, 0.15) is 12.4 Å². The van der Waals surface area contributed by atoms with Crippen molar-refractivity contribution < 1.29 is 29.2 Å². The normalized spacial score (nSPS) is 11.8. The van der Waals surface area contributed by atoms with Crippen molar-refractivity contribution in [3.05, 3.63) is 69.5 Å². The predicted molar refractivity (Wildman–Crippen MR) is 134 cm³/mol. The molecule has 0 aliphatic heterocycles. The second-order valence-electron chi connectivity index (χ2n) is 8.76. The van der Waals surface area contributed by atoms with Crippen LogP contribution in [0.3, 0.4) is 0 Å². The van der Waals surface area contributed by atoms with Crippen LogP contribution in [0.4, 0.5) is 11.5 Å². The van der Waals surface area contributed by atoms with Crippen molar-refractivity contribution in [2.24, 2.45) is 5.92 Å². The van der Waals surface area contributed by atoms with E-state index in [1.54, 1.807) is 29.7 Å². The molecule has 12 heteroatoms. The number of esters is 1. The van der Waals surface area contributed by atoms with Gasteiger partial charge < -0.3 is 20.5 Å². The number of carboxylic acids is 1. The molecule has 0 spiro atoms. The van der Waals surface area contributed by atoms with Crippen molar-refractivity contribution in [3.8, 4) is 0 Å². The summed E-state index contributed by atoms with van der Waals surface area (Å²) in [5, 5.41) is 26.3. The van der Waals surface area contributed by atoms with Gasteiger partial charge in [0.15, 0.2) is 5.65 Å². The molecule has 0 saturated carbocycles. The van der Waals surface area contributed by atoms with Crippen LogP contribution in [0.1, 0.15) is 54.8 Å². The Morgan fingerprint density at radius 2 is 1.97 bits per heavy atom. The summed E-state index contributed by atoms with van der Waals surface area (Å²) in [5.74, 6) is -1.43. The lowest BCUT2D eigenvalue weighted by Gasteiger charge is -2.17. The molecule has 0 aliphatic carbocycles. The number of ether oxygens (including phenoxy) is 1. The summed E-state index contributed by atoms with van der Waals surface area (Å²) in [5.41, 5.74) is 1.22. The van der Waals surface area contributed by atoms with Gasteiger partial charge in [0.2, 0.25) is 0 Å². The van der Waals surface area contributed by atoms with E-state index in [2.05, 4.69) is 15.6 Å². The summed E-state index contributed by atoms with van der Waals surface area (Å²) in [6.07, 6.45) is 1.80. The monoisotopic (exact) mass is 511 g/mol. The van der Waals surface area contributed by atoms with Crippen LogP contribution >= 0.6 is 0 Å². The number of amides is 1. The van der Waals surface area contributed by atoms with Crippen molar-refractivity contribution in [1.29, 1.82) is 0 Å². The molecule has 2 heterocycles. The lowest BCUT2D eigenvalue weighted by atomic mass is 10.0. The zero-order valence-electron chi connectivity index (χ0n) is 20.8. The highest BCUT2D eigenvalue weighted by Crippen LogP contribution is 2.26. The van der Waals surface area contributed by atoms with E-state index in [1.807, 2.05) is 13.8 Å². The number of aliphatic carboxylic acids is 1. The minimum Gasteiger partial charge on any atom is -0.481 e. The molecule has 0 aliphatic rings. The molecule has 0 fully saturated rings. The second kappa shape index (κ2) is 12.0. The van der Waals surface area contributed by atoms with Gasteiger partial charge in [-0.15, -0.1) is 0 Å². The molecule has 0 bridgehead atoms. The Labute approximate surface area is 212 Å². The Kier molecular flexibility index (Phi) is 8.77. The first-order valence-corrected chi connectivity index (χ1v) is 11.8. The number of hydrogen-bond donors (Lipinski definition) is 3. The summed E-state index contributed by atoms with van der Waals surface area (Å²) in [4.78, 5) is 52.0. The highest BCUT2D eigenvalue weighted by molar-refractivity contribution is 6.00. The maximum Gasteiger partial charge on any atom is 0.325 e. The van der Waals surface area contributed by atoms with E-state index in [4.69, 9.17) is 4.74 Å². The Balaban J connectivity index is 1.98. The topological polar surface area (TPSA) is 165 Å². The maximum atomic E-state index is 13.4. The quantitative estimate of drug-likeness (QED) is 0.188. The first-order valence-electron chi connectivity index (χ1n) is 11.8. The molecular formula is C25H29N5O7. The summed E-state index contributed by atoms with van der Waals surface area (Å²) in [6, 6.07) is 7.65. The lowest BCUT2D eigenvalue weighted by Crippen LogP contribution is -2.30. The number of nitrogens with zero attached hydrogens (tertiary/aromatic N) is 3. The number of nitro benzene ring substituents is 1. The summed E-state index contributed by atoms with van der Waals surface area (Å²) < 4.78 is 6.65. The van der Waals surface area contributed by atoms with Crippen molar-refractivity contribution in [2.75, 3.05) is 18.5 Å². The summed E-state index contributed by atoms with van der Waals surface area (Å²) in [7, 11) is 0. The molecule has 1 unspecified atom stereocenters. The number of nitro groups is 1. The number of anilines is 1. The molecule has 3 N–H and O–H groups in total. The number of imidazole rings is 1.